The van der Waals surface area contributed by atoms with E-state index in [1.807, 2.05) is 4.90 Å². The molecule has 128 valence electrons. The summed E-state index contributed by atoms with van der Waals surface area (Å²) in [7, 11) is 1.63. The third-order valence-corrected chi connectivity index (χ3v) is 5.11. The zero-order valence-electron chi connectivity index (χ0n) is 13.0. The van der Waals surface area contributed by atoms with Crippen molar-refractivity contribution in [3.63, 3.8) is 0 Å². The van der Waals surface area contributed by atoms with Crippen molar-refractivity contribution < 1.29 is 18.3 Å². The number of rotatable bonds is 5. The number of likely N-dealkylation sites (tertiary alicyclic amines) is 1. The molecule has 0 unspecified atom stereocenters. The van der Waals surface area contributed by atoms with Crippen LogP contribution in [0.3, 0.4) is 0 Å². The van der Waals surface area contributed by atoms with Crippen LogP contribution in [0.5, 0.6) is 0 Å². The molecule has 1 amide bonds. The standard InChI is InChI=1S/C14H20F2N4O2S/c1-22-7-2-11-17-13(23-18-11)20-8-10(9-20)12(21)19-5-3-14(15,16)4-6-19/h10H,2-9H2,1H3. The molecule has 0 N–H and O–H groups in total. The smallest absolute Gasteiger partial charge is 0.251 e. The molecule has 3 rings (SSSR count). The van der Waals surface area contributed by atoms with E-state index in [2.05, 4.69) is 9.36 Å². The first-order valence-electron chi connectivity index (χ1n) is 7.71. The van der Waals surface area contributed by atoms with E-state index in [4.69, 9.17) is 4.74 Å². The van der Waals surface area contributed by atoms with Gasteiger partial charge in [0.2, 0.25) is 11.0 Å². The molecule has 2 fully saturated rings. The van der Waals surface area contributed by atoms with Gasteiger partial charge in [-0.25, -0.2) is 13.8 Å². The molecule has 1 aromatic heterocycles. The van der Waals surface area contributed by atoms with Gasteiger partial charge in [-0.05, 0) is 0 Å². The van der Waals surface area contributed by atoms with E-state index in [0.717, 1.165) is 11.0 Å². The number of nitrogens with zero attached hydrogens (tertiary/aromatic N) is 4. The molecule has 3 heterocycles. The third-order valence-electron chi connectivity index (χ3n) is 4.30. The summed E-state index contributed by atoms with van der Waals surface area (Å²) in [6.07, 6.45) is 0.216. The number of halogens is 2. The van der Waals surface area contributed by atoms with Crippen molar-refractivity contribution in [3.8, 4) is 0 Å². The number of carbonyl (C=O) groups is 1. The lowest BCUT2D eigenvalue weighted by Gasteiger charge is -2.41. The Morgan fingerprint density at radius 1 is 1.39 bits per heavy atom. The normalized spacial score (nSPS) is 21.3. The van der Waals surface area contributed by atoms with Gasteiger partial charge in [0, 0.05) is 64.1 Å². The van der Waals surface area contributed by atoms with Crippen LogP contribution in [-0.4, -0.2) is 66.0 Å². The van der Waals surface area contributed by atoms with Gasteiger partial charge in [-0.1, -0.05) is 0 Å². The molecular formula is C14H20F2N4O2S. The van der Waals surface area contributed by atoms with Crippen LogP contribution in [0.1, 0.15) is 18.7 Å². The maximum absolute atomic E-state index is 13.1. The van der Waals surface area contributed by atoms with Crippen molar-refractivity contribution in [2.24, 2.45) is 5.92 Å². The molecule has 2 saturated heterocycles. The predicted molar refractivity (Wildman–Crippen MR) is 82.0 cm³/mol. The van der Waals surface area contributed by atoms with Crippen LogP contribution in [0.2, 0.25) is 0 Å². The highest BCUT2D eigenvalue weighted by Gasteiger charge is 2.41. The van der Waals surface area contributed by atoms with Gasteiger partial charge in [0.1, 0.15) is 5.82 Å². The maximum Gasteiger partial charge on any atom is 0.251 e. The maximum atomic E-state index is 13.1. The number of amides is 1. The fraction of sp³-hybridized carbons (Fsp3) is 0.786. The Labute approximate surface area is 137 Å². The molecule has 23 heavy (non-hydrogen) atoms. The number of aromatic nitrogens is 2. The summed E-state index contributed by atoms with van der Waals surface area (Å²) in [5.74, 6) is -2.00. The Balaban J connectivity index is 1.47. The van der Waals surface area contributed by atoms with Gasteiger partial charge in [0.25, 0.3) is 5.92 Å². The molecule has 2 aliphatic rings. The van der Waals surface area contributed by atoms with Gasteiger partial charge >= 0.3 is 0 Å². The molecule has 1 aromatic rings. The van der Waals surface area contributed by atoms with Crippen LogP contribution in [0, 0.1) is 5.92 Å². The Morgan fingerprint density at radius 2 is 2.09 bits per heavy atom. The van der Waals surface area contributed by atoms with Crippen molar-refractivity contribution >= 4 is 22.6 Å². The van der Waals surface area contributed by atoms with Crippen molar-refractivity contribution in [1.29, 1.82) is 0 Å². The monoisotopic (exact) mass is 346 g/mol. The lowest BCUT2D eigenvalue weighted by atomic mass is 9.97. The lowest BCUT2D eigenvalue weighted by molar-refractivity contribution is -0.142. The lowest BCUT2D eigenvalue weighted by Crippen LogP contribution is -2.56. The van der Waals surface area contributed by atoms with Crippen molar-refractivity contribution in [1.82, 2.24) is 14.3 Å². The number of anilines is 1. The minimum Gasteiger partial charge on any atom is -0.384 e. The van der Waals surface area contributed by atoms with Crippen LogP contribution in [0.25, 0.3) is 0 Å². The van der Waals surface area contributed by atoms with E-state index < -0.39 is 5.92 Å². The molecule has 0 atom stereocenters. The van der Waals surface area contributed by atoms with E-state index in [1.54, 1.807) is 12.0 Å². The number of carbonyl (C=O) groups excluding carboxylic acids is 1. The number of hydrogen-bond acceptors (Lipinski definition) is 6. The SMILES string of the molecule is COCCc1nsc(N2CC(C(=O)N3CCC(F)(F)CC3)C2)n1. The average Bonchev–Trinajstić information content (AvgIpc) is 2.92. The first kappa shape index (κ1) is 16.5. The highest BCUT2D eigenvalue weighted by Crippen LogP contribution is 2.31. The number of alkyl halides is 2. The first-order valence-corrected chi connectivity index (χ1v) is 8.49. The Hall–Kier alpha value is -1.35. The van der Waals surface area contributed by atoms with Crippen molar-refractivity contribution in [2.45, 2.75) is 25.2 Å². The second kappa shape index (κ2) is 6.64. The summed E-state index contributed by atoms with van der Waals surface area (Å²) in [6.45, 7) is 2.07. The largest absolute Gasteiger partial charge is 0.384 e. The van der Waals surface area contributed by atoms with Crippen LogP contribution < -0.4 is 4.90 Å². The van der Waals surface area contributed by atoms with Crippen LogP contribution in [0.15, 0.2) is 0 Å². The minimum absolute atomic E-state index is 0.0131. The van der Waals surface area contributed by atoms with Gasteiger partial charge in [-0.15, -0.1) is 0 Å². The van der Waals surface area contributed by atoms with Crippen molar-refractivity contribution in [3.05, 3.63) is 5.82 Å². The summed E-state index contributed by atoms with van der Waals surface area (Å²) in [4.78, 5) is 20.3. The van der Waals surface area contributed by atoms with E-state index in [0.29, 0.717) is 26.1 Å². The molecule has 0 bridgehead atoms. The highest BCUT2D eigenvalue weighted by molar-refractivity contribution is 7.09. The molecule has 0 aromatic carbocycles. The average molecular weight is 346 g/mol. The van der Waals surface area contributed by atoms with Crippen molar-refractivity contribution in [2.75, 3.05) is 44.8 Å². The number of ether oxygens (including phenoxy) is 1. The van der Waals surface area contributed by atoms with Gasteiger partial charge in [-0.3, -0.25) is 4.79 Å². The summed E-state index contributed by atoms with van der Waals surface area (Å²) in [5.41, 5.74) is 0. The second-order valence-electron chi connectivity index (χ2n) is 6.02. The molecule has 2 aliphatic heterocycles. The fourth-order valence-corrected chi connectivity index (χ4v) is 3.50. The molecule has 0 aliphatic carbocycles. The Kier molecular flexibility index (Phi) is 4.77. The van der Waals surface area contributed by atoms with Gasteiger partial charge in [0.05, 0.1) is 12.5 Å². The van der Waals surface area contributed by atoms with E-state index in [9.17, 15) is 13.6 Å². The predicted octanol–water partition coefficient (Wildman–Crippen LogP) is 1.42. The highest BCUT2D eigenvalue weighted by atomic mass is 32.1. The third kappa shape index (κ3) is 3.77. The Morgan fingerprint density at radius 3 is 2.74 bits per heavy atom. The molecule has 6 nitrogen and oxygen atoms in total. The van der Waals surface area contributed by atoms with E-state index in [1.165, 1.54) is 11.5 Å². The van der Waals surface area contributed by atoms with Crippen LogP contribution in [0.4, 0.5) is 13.9 Å². The summed E-state index contributed by atoms with van der Waals surface area (Å²) < 4.78 is 35.5. The van der Waals surface area contributed by atoms with Crippen LogP contribution in [-0.2, 0) is 16.0 Å². The molecule has 0 spiro atoms. The topological polar surface area (TPSA) is 58.6 Å². The molecule has 0 radical (unpaired) electrons. The first-order chi connectivity index (χ1) is 11.0. The molecule has 0 saturated carbocycles. The molecular weight excluding hydrogens is 326 g/mol. The van der Waals surface area contributed by atoms with Crippen LogP contribution >= 0.6 is 11.5 Å². The quantitative estimate of drug-likeness (QED) is 0.807. The van der Waals surface area contributed by atoms with Gasteiger partial charge < -0.3 is 14.5 Å². The zero-order chi connectivity index (χ0) is 16.4. The fourth-order valence-electron chi connectivity index (χ4n) is 2.77. The summed E-state index contributed by atoms with van der Waals surface area (Å²) in [6, 6.07) is 0. The number of methoxy groups -OCH3 is 1. The van der Waals surface area contributed by atoms with Gasteiger partial charge in [0.15, 0.2) is 0 Å². The van der Waals surface area contributed by atoms with E-state index >= 15 is 0 Å². The number of hydrogen-bond donors (Lipinski definition) is 0. The zero-order valence-corrected chi connectivity index (χ0v) is 13.8. The summed E-state index contributed by atoms with van der Waals surface area (Å²) >= 11 is 1.32. The minimum atomic E-state index is -2.62. The summed E-state index contributed by atoms with van der Waals surface area (Å²) in [5, 5.41) is 0.810. The Bertz CT molecular complexity index is 553. The molecule has 9 heteroatoms. The van der Waals surface area contributed by atoms with Gasteiger partial charge in [-0.2, -0.15) is 4.37 Å². The number of piperidine rings is 1. The van der Waals surface area contributed by atoms with E-state index in [-0.39, 0.29) is 37.8 Å². The second-order valence-corrected chi connectivity index (χ2v) is 6.75.